The normalized spacial score (nSPS) is 12.3. The summed E-state index contributed by atoms with van der Waals surface area (Å²) in [6.07, 6.45) is 3.36. The Bertz CT molecular complexity index is 460. The summed E-state index contributed by atoms with van der Waals surface area (Å²) in [5.41, 5.74) is -0.883. The number of amides is 1. The van der Waals surface area contributed by atoms with Gasteiger partial charge in [0.1, 0.15) is 11.4 Å². The molecule has 2 N–H and O–H groups in total. The molecular formula is C15H28N4O2. The van der Waals surface area contributed by atoms with Gasteiger partial charge in [0.2, 0.25) is 0 Å². The fourth-order valence-corrected chi connectivity index (χ4v) is 1.91. The van der Waals surface area contributed by atoms with Crippen molar-refractivity contribution in [3.05, 3.63) is 18.2 Å². The van der Waals surface area contributed by atoms with E-state index in [0.29, 0.717) is 13.1 Å². The van der Waals surface area contributed by atoms with Gasteiger partial charge in [0.05, 0.1) is 12.1 Å². The van der Waals surface area contributed by atoms with Crippen LogP contribution >= 0.6 is 0 Å². The van der Waals surface area contributed by atoms with Crippen molar-refractivity contribution in [2.24, 2.45) is 0 Å². The predicted molar refractivity (Wildman–Crippen MR) is 83.1 cm³/mol. The molecule has 120 valence electrons. The summed E-state index contributed by atoms with van der Waals surface area (Å²) < 4.78 is 7.35. The van der Waals surface area contributed by atoms with Crippen molar-refractivity contribution < 1.29 is 9.53 Å². The summed E-state index contributed by atoms with van der Waals surface area (Å²) in [7, 11) is 0. The number of nitrogens with zero attached hydrogens (tertiary/aromatic N) is 2. The van der Waals surface area contributed by atoms with E-state index in [1.807, 2.05) is 40.8 Å². The highest BCUT2D eigenvalue weighted by atomic mass is 16.6. The van der Waals surface area contributed by atoms with Crippen molar-refractivity contribution in [3.8, 4) is 0 Å². The van der Waals surface area contributed by atoms with E-state index in [2.05, 4.69) is 27.1 Å². The zero-order valence-electron chi connectivity index (χ0n) is 14.0. The van der Waals surface area contributed by atoms with E-state index < -0.39 is 17.2 Å². The standard InChI is InChI=1S/C15H28N4O2/c1-7-19-9-8-17-12(19)10-16-11-15(5,6)18-13(20)21-14(2,3)4/h8-9,16H,7,10-11H2,1-6H3,(H,18,20). The Hall–Kier alpha value is -1.56. The Morgan fingerprint density at radius 2 is 2.00 bits per heavy atom. The second kappa shape index (κ2) is 6.93. The van der Waals surface area contributed by atoms with E-state index in [4.69, 9.17) is 4.74 Å². The van der Waals surface area contributed by atoms with E-state index in [9.17, 15) is 4.79 Å². The maximum atomic E-state index is 11.8. The van der Waals surface area contributed by atoms with E-state index in [1.54, 1.807) is 6.20 Å². The Labute approximate surface area is 127 Å². The van der Waals surface area contributed by atoms with Crippen LogP contribution in [0.5, 0.6) is 0 Å². The topological polar surface area (TPSA) is 68.2 Å². The van der Waals surface area contributed by atoms with E-state index >= 15 is 0 Å². The SMILES string of the molecule is CCn1ccnc1CNCC(C)(C)NC(=O)OC(C)(C)C. The molecule has 0 aromatic carbocycles. The van der Waals surface area contributed by atoms with Gasteiger partial charge in [-0.15, -0.1) is 0 Å². The van der Waals surface area contributed by atoms with Gasteiger partial charge in [-0.3, -0.25) is 0 Å². The van der Waals surface area contributed by atoms with Gasteiger partial charge in [0, 0.05) is 25.5 Å². The highest BCUT2D eigenvalue weighted by molar-refractivity contribution is 5.68. The Kier molecular flexibility index (Phi) is 5.78. The highest BCUT2D eigenvalue weighted by Crippen LogP contribution is 2.09. The summed E-state index contributed by atoms with van der Waals surface area (Å²) in [6.45, 7) is 13.7. The first-order valence-corrected chi connectivity index (χ1v) is 7.35. The number of rotatable bonds is 6. The van der Waals surface area contributed by atoms with Crippen molar-refractivity contribution in [2.45, 2.75) is 65.8 Å². The molecule has 6 heteroatoms. The molecule has 0 saturated carbocycles. The number of aryl methyl sites for hydroxylation is 1. The smallest absolute Gasteiger partial charge is 0.408 e. The minimum atomic E-state index is -0.487. The molecule has 0 radical (unpaired) electrons. The van der Waals surface area contributed by atoms with Crippen LogP contribution < -0.4 is 10.6 Å². The number of aromatic nitrogens is 2. The molecule has 0 atom stereocenters. The van der Waals surface area contributed by atoms with Crippen LogP contribution in [0.4, 0.5) is 4.79 Å². The number of nitrogens with one attached hydrogen (secondary N) is 2. The summed E-state index contributed by atoms with van der Waals surface area (Å²) in [5, 5.41) is 6.19. The average Bonchev–Trinajstić information content (AvgIpc) is 2.72. The first-order valence-electron chi connectivity index (χ1n) is 7.35. The molecule has 6 nitrogen and oxygen atoms in total. The second-order valence-electron chi connectivity index (χ2n) is 6.74. The molecule has 1 amide bonds. The third kappa shape index (κ3) is 6.62. The fraction of sp³-hybridized carbons (Fsp3) is 0.733. The van der Waals surface area contributed by atoms with Gasteiger partial charge >= 0.3 is 6.09 Å². The largest absolute Gasteiger partial charge is 0.444 e. The van der Waals surface area contributed by atoms with Crippen LogP contribution in [0.3, 0.4) is 0 Å². The molecule has 0 unspecified atom stereocenters. The summed E-state index contributed by atoms with van der Waals surface area (Å²) in [4.78, 5) is 16.1. The first kappa shape index (κ1) is 17.5. The number of carbonyl (C=O) groups is 1. The lowest BCUT2D eigenvalue weighted by Gasteiger charge is -2.28. The molecule has 0 aliphatic carbocycles. The van der Waals surface area contributed by atoms with Crippen LogP contribution in [0.1, 0.15) is 47.4 Å². The zero-order chi connectivity index (χ0) is 16.1. The minimum absolute atomic E-state index is 0.397. The molecule has 0 saturated heterocycles. The molecule has 0 aliphatic heterocycles. The number of hydrogen-bond acceptors (Lipinski definition) is 4. The number of carbonyl (C=O) groups excluding carboxylic acids is 1. The predicted octanol–water partition coefficient (Wildman–Crippen LogP) is 2.30. The van der Waals surface area contributed by atoms with Crippen LogP contribution in [-0.2, 0) is 17.8 Å². The third-order valence-corrected chi connectivity index (χ3v) is 2.83. The quantitative estimate of drug-likeness (QED) is 0.845. The van der Waals surface area contributed by atoms with Crippen LogP contribution in [0.25, 0.3) is 0 Å². The van der Waals surface area contributed by atoms with E-state index in [1.165, 1.54) is 0 Å². The molecular weight excluding hydrogens is 268 g/mol. The van der Waals surface area contributed by atoms with Gasteiger partial charge < -0.3 is 19.9 Å². The lowest BCUT2D eigenvalue weighted by molar-refractivity contribution is 0.0472. The summed E-state index contributed by atoms with van der Waals surface area (Å²) in [5.74, 6) is 0.991. The van der Waals surface area contributed by atoms with Crippen LogP contribution in [0.15, 0.2) is 12.4 Å². The fourth-order valence-electron chi connectivity index (χ4n) is 1.91. The molecule has 1 rings (SSSR count). The van der Waals surface area contributed by atoms with Gasteiger partial charge in [0.15, 0.2) is 0 Å². The Morgan fingerprint density at radius 1 is 1.33 bits per heavy atom. The molecule has 0 fully saturated rings. The van der Waals surface area contributed by atoms with Crippen LogP contribution in [-0.4, -0.2) is 33.3 Å². The maximum absolute atomic E-state index is 11.8. The summed E-state index contributed by atoms with van der Waals surface area (Å²) >= 11 is 0. The molecule has 0 spiro atoms. The molecule has 1 aromatic heterocycles. The first-order chi connectivity index (χ1) is 9.63. The van der Waals surface area contributed by atoms with E-state index in [-0.39, 0.29) is 0 Å². The zero-order valence-corrected chi connectivity index (χ0v) is 14.0. The molecule has 1 aromatic rings. The molecule has 1 heterocycles. The van der Waals surface area contributed by atoms with Gasteiger partial charge in [-0.25, -0.2) is 9.78 Å². The average molecular weight is 296 g/mol. The van der Waals surface area contributed by atoms with Crippen molar-refractivity contribution in [1.82, 2.24) is 20.2 Å². The number of alkyl carbamates (subject to hydrolysis) is 1. The van der Waals surface area contributed by atoms with Gasteiger partial charge in [-0.1, -0.05) is 0 Å². The Balaban J connectivity index is 2.41. The number of ether oxygens (including phenoxy) is 1. The van der Waals surface area contributed by atoms with Crippen LogP contribution in [0, 0.1) is 0 Å². The van der Waals surface area contributed by atoms with Gasteiger partial charge in [-0.2, -0.15) is 0 Å². The van der Waals surface area contributed by atoms with Crippen molar-refractivity contribution in [1.29, 1.82) is 0 Å². The van der Waals surface area contributed by atoms with E-state index in [0.717, 1.165) is 12.4 Å². The van der Waals surface area contributed by atoms with Crippen molar-refractivity contribution in [2.75, 3.05) is 6.54 Å². The van der Waals surface area contributed by atoms with Gasteiger partial charge in [-0.05, 0) is 41.5 Å². The lowest BCUT2D eigenvalue weighted by Crippen LogP contribution is -2.51. The lowest BCUT2D eigenvalue weighted by atomic mass is 10.1. The van der Waals surface area contributed by atoms with Gasteiger partial charge in [0.25, 0.3) is 0 Å². The summed E-state index contributed by atoms with van der Waals surface area (Å²) in [6, 6.07) is 0. The molecule has 0 bridgehead atoms. The van der Waals surface area contributed by atoms with Crippen molar-refractivity contribution in [3.63, 3.8) is 0 Å². The monoisotopic (exact) mass is 296 g/mol. The second-order valence-corrected chi connectivity index (χ2v) is 6.74. The minimum Gasteiger partial charge on any atom is -0.444 e. The molecule has 21 heavy (non-hydrogen) atoms. The highest BCUT2D eigenvalue weighted by Gasteiger charge is 2.24. The Morgan fingerprint density at radius 3 is 2.57 bits per heavy atom. The van der Waals surface area contributed by atoms with Crippen LogP contribution in [0.2, 0.25) is 0 Å². The maximum Gasteiger partial charge on any atom is 0.408 e. The third-order valence-electron chi connectivity index (χ3n) is 2.83. The van der Waals surface area contributed by atoms with Crippen molar-refractivity contribution >= 4 is 6.09 Å². The number of hydrogen-bond donors (Lipinski definition) is 2. The molecule has 0 aliphatic rings. The number of imidazole rings is 1.